The van der Waals surface area contributed by atoms with E-state index in [2.05, 4.69) is 5.32 Å². The second kappa shape index (κ2) is 9.90. The zero-order chi connectivity index (χ0) is 10.4. The summed E-state index contributed by atoms with van der Waals surface area (Å²) in [6, 6.07) is 0. The highest BCUT2D eigenvalue weighted by Crippen LogP contribution is 1.94. The summed E-state index contributed by atoms with van der Waals surface area (Å²) >= 11 is 0. The Morgan fingerprint density at radius 2 is 1.88 bits per heavy atom. The lowest BCUT2D eigenvalue weighted by molar-refractivity contribution is -0.126. The number of amides is 1. The molecule has 1 rings (SSSR count). The van der Waals surface area contributed by atoms with Gasteiger partial charge in [-0.1, -0.05) is 6.08 Å². The molecule has 0 radical (unpaired) electrons. The maximum atomic E-state index is 11.6. The van der Waals surface area contributed by atoms with Gasteiger partial charge >= 0.3 is 0 Å². The molecule has 0 unspecified atom stereocenters. The molecule has 16 heavy (non-hydrogen) atoms. The van der Waals surface area contributed by atoms with Gasteiger partial charge in [0.1, 0.15) is 0 Å². The van der Waals surface area contributed by atoms with Gasteiger partial charge < -0.3 is 15.1 Å². The zero-order valence-corrected chi connectivity index (χ0v) is 11.4. The molecule has 96 valence electrons. The molecular formula is C10H21Cl2N3O. The van der Waals surface area contributed by atoms with Crippen LogP contribution in [0.3, 0.4) is 0 Å². The molecule has 1 saturated heterocycles. The van der Waals surface area contributed by atoms with Crippen molar-refractivity contribution in [2.75, 3.05) is 46.8 Å². The summed E-state index contributed by atoms with van der Waals surface area (Å²) in [5.74, 6) is 0.133. The number of halogens is 2. The minimum Gasteiger partial charge on any atom is -0.337 e. The summed E-state index contributed by atoms with van der Waals surface area (Å²) in [5, 5.41) is 3.22. The Balaban J connectivity index is 0. The molecular weight excluding hydrogens is 249 g/mol. The summed E-state index contributed by atoms with van der Waals surface area (Å²) in [5.41, 5.74) is 0. The lowest BCUT2D eigenvalue weighted by atomic mass is 10.3. The van der Waals surface area contributed by atoms with Crippen LogP contribution in [0.15, 0.2) is 12.2 Å². The van der Waals surface area contributed by atoms with Gasteiger partial charge in [0.05, 0.1) is 0 Å². The third kappa shape index (κ3) is 7.06. The number of hydrogen-bond donors (Lipinski definition) is 1. The summed E-state index contributed by atoms with van der Waals surface area (Å²) in [7, 11) is 3.97. The van der Waals surface area contributed by atoms with Crippen LogP contribution in [0.2, 0.25) is 0 Å². The van der Waals surface area contributed by atoms with E-state index < -0.39 is 0 Å². The van der Waals surface area contributed by atoms with Crippen LogP contribution in [0.1, 0.15) is 0 Å². The normalized spacial score (nSPS) is 15.8. The highest BCUT2D eigenvalue weighted by Gasteiger charge is 2.12. The fraction of sp³-hybridized carbons (Fsp3) is 0.700. The molecule has 1 heterocycles. The van der Waals surface area contributed by atoms with Gasteiger partial charge in [-0.05, 0) is 14.1 Å². The Kier molecular flexibility index (Phi) is 11.2. The van der Waals surface area contributed by atoms with E-state index in [4.69, 9.17) is 0 Å². The van der Waals surface area contributed by atoms with Crippen molar-refractivity contribution in [3.05, 3.63) is 12.2 Å². The largest absolute Gasteiger partial charge is 0.337 e. The van der Waals surface area contributed by atoms with Crippen molar-refractivity contribution in [3.63, 3.8) is 0 Å². The van der Waals surface area contributed by atoms with Gasteiger partial charge in [0.25, 0.3) is 0 Å². The molecule has 0 spiro atoms. The van der Waals surface area contributed by atoms with Gasteiger partial charge in [-0.3, -0.25) is 4.79 Å². The standard InChI is InChI=1S/C10H19N3O.2ClH/c1-12(2)7-3-4-10(14)13-8-5-11-6-9-13;;/h3-4,11H,5-9H2,1-2H3;2*1H. The van der Waals surface area contributed by atoms with Crippen molar-refractivity contribution in [1.29, 1.82) is 0 Å². The van der Waals surface area contributed by atoms with Crippen molar-refractivity contribution >= 4 is 30.7 Å². The van der Waals surface area contributed by atoms with Crippen molar-refractivity contribution < 1.29 is 4.79 Å². The van der Waals surface area contributed by atoms with Gasteiger partial charge in [0.2, 0.25) is 5.91 Å². The number of rotatable bonds is 3. The van der Waals surface area contributed by atoms with Gasteiger partial charge in [-0.15, -0.1) is 24.8 Å². The number of likely N-dealkylation sites (N-methyl/N-ethyl adjacent to an activating group) is 1. The monoisotopic (exact) mass is 269 g/mol. The van der Waals surface area contributed by atoms with E-state index in [0.717, 1.165) is 32.7 Å². The smallest absolute Gasteiger partial charge is 0.246 e. The minimum absolute atomic E-state index is 0. The Labute approximate surface area is 110 Å². The maximum Gasteiger partial charge on any atom is 0.246 e. The quantitative estimate of drug-likeness (QED) is 0.753. The first-order chi connectivity index (χ1) is 6.70. The Hall–Kier alpha value is -0.290. The molecule has 0 aliphatic carbocycles. The van der Waals surface area contributed by atoms with Crippen LogP contribution in [0, 0.1) is 0 Å². The molecule has 1 aliphatic rings. The number of piperazine rings is 1. The van der Waals surface area contributed by atoms with E-state index in [1.54, 1.807) is 6.08 Å². The minimum atomic E-state index is 0. The Bertz CT molecular complexity index is 216. The van der Waals surface area contributed by atoms with Crippen molar-refractivity contribution in [2.24, 2.45) is 0 Å². The second-order valence-corrected chi connectivity index (χ2v) is 3.74. The van der Waals surface area contributed by atoms with E-state index >= 15 is 0 Å². The third-order valence-corrected chi connectivity index (χ3v) is 2.16. The van der Waals surface area contributed by atoms with Gasteiger partial charge in [0.15, 0.2) is 0 Å². The molecule has 6 heteroatoms. The number of hydrogen-bond acceptors (Lipinski definition) is 3. The second-order valence-electron chi connectivity index (χ2n) is 3.74. The Morgan fingerprint density at radius 3 is 2.38 bits per heavy atom. The highest BCUT2D eigenvalue weighted by atomic mass is 35.5. The predicted octanol–water partition coefficient (Wildman–Crippen LogP) is 0.380. The first-order valence-corrected chi connectivity index (χ1v) is 5.01. The molecule has 0 aromatic carbocycles. The first-order valence-electron chi connectivity index (χ1n) is 5.01. The van der Waals surface area contributed by atoms with Crippen molar-refractivity contribution in [1.82, 2.24) is 15.1 Å². The van der Waals surface area contributed by atoms with Crippen LogP contribution in [0.4, 0.5) is 0 Å². The highest BCUT2D eigenvalue weighted by molar-refractivity contribution is 5.87. The molecule has 1 aliphatic heterocycles. The third-order valence-electron chi connectivity index (χ3n) is 2.16. The van der Waals surface area contributed by atoms with E-state index in [0.29, 0.717) is 0 Å². The SMILES string of the molecule is CN(C)CC=CC(=O)N1CCNCC1.Cl.Cl. The van der Waals surface area contributed by atoms with Crippen LogP contribution in [0.25, 0.3) is 0 Å². The van der Waals surface area contributed by atoms with Crippen LogP contribution < -0.4 is 5.32 Å². The lowest BCUT2D eigenvalue weighted by Crippen LogP contribution is -2.45. The molecule has 1 fully saturated rings. The van der Waals surface area contributed by atoms with Gasteiger partial charge in [0, 0.05) is 38.8 Å². The van der Waals surface area contributed by atoms with Crippen LogP contribution in [0.5, 0.6) is 0 Å². The molecule has 0 bridgehead atoms. The molecule has 4 nitrogen and oxygen atoms in total. The number of nitrogens with zero attached hydrogens (tertiary/aromatic N) is 2. The number of carbonyl (C=O) groups excluding carboxylic acids is 1. The predicted molar refractivity (Wildman–Crippen MR) is 71.6 cm³/mol. The van der Waals surface area contributed by atoms with E-state index in [9.17, 15) is 4.79 Å². The molecule has 0 aromatic rings. The molecule has 1 amide bonds. The van der Waals surface area contributed by atoms with E-state index in [1.165, 1.54) is 0 Å². The molecule has 0 atom stereocenters. The van der Waals surface area contributed by atoms with E-state index in [-0.39, 0.29) is 30.7 Å². The summed E-state index contributed by atoms with van der Waals surface area (Å²) in [6.07, 6.45) is 3.58. The molecule has 1 N–H and O–H groups in total. The van der Waals surface area contributed by atoms with E-state index in [1.807, 2.05) is 30.0 Å². The summed E-state index contributed by atoms with van der Waals surface area (Å²) in [6.45, 7) is 4.29. The average molecular weight is 270 g/mol. The van der Waals surface area contributed by atoms with Crippen molar-refractivity contribution in [2.45, 2.75) is 0 Å². The maximum absolute atomic E-state index is 11.6. The fourth-order valence-electron chi connectivity index (χ4n) is 1.35. The lowest BCUT2D eigenvalue weighted by Gasteiger charge is -2.26. The van der Waals surface area contributed by atoms with Gasteiger partial charge in [-0.2, -0.15) is 0 Å². The first kappa shape index (κ1) is 18.1. The number of nitrogens with one attached hydrogen (secondary N) is 1. The molecule has 0 saturated carbocycles. The molecule has 0 aromatic heterocycles. The van der Waals surface area contributed by atoms with Gasteiger partial charge in [-0.25, -0.2) is 0 Å². The van der Waals surface area contributed by atoms with Crippen molar-refractivity contribution in [3.8, 4) is 0 Å². The summed E-state index contributed by atoms with van der Waals surface area (Å²) in [4.78, 5) is 15.5. The van der Waals surface area contributed by atoms with Crippen LogP contribution in [-0.4, -0.2) is 62.5 Å². The van der Waals surface area contributed by atoms with Crippen LogP contribution >= 0.6 is 24.8 Å². The van der Waals surface area contributed by atoms with Crippen LogP contribution in [-0.2, 0) is 4.79 Å². The zero-order valence-electron chi connectivity index (χ0n) is 9.81. The topological polar surface area (TPSA) is 35.6 Å². The Morgan fingerprint density at radius 1 is 1.31 bits per heavy atom. The summed E-state index contributed by atoms with van der Waals surface area (Å²) < 4.78 is 0. The average Bonchev–Trinajstić information content (AvgIpc) is 2.18. The fourth-order valence-corrected chi connectivity index (χ4v) is 1.35. The number of carbonyl (C=O) groups is 1.